The van der Waals surface area contributed by atoms with Crippen LogP contribution in [0.4, 0.5) is 5.95 Å². The first-order chi connectivity index (χ1) is 13.3. The van der Waals surface area contributed by atoms with Gasteiger partial charge in [0.2, 0.25) is 5.95 Å². The number of rotatable bonds is 6. The zero-order chi connectivity index (χ0) is 20.3. The summed E-state index contributed by atoms with van der Waals surface area (Å²) in [5.74, 6) is 1.62. The van der Waals surface area contributed by atoms with Crippen molar-refractivity contribution in [1.29, 1.82) is 0 Å². The van der Waals surface area contributed by atoms with Crippen LogP contribution < -0.4 is 15.2 Å². The normalized spacial score (nSPS) is 10.5. The smallest absolute Gasteiger partial charge is 0.221 e. The van der Waals surface area contributed by atoms with E-state index in [9.17, 15) is 5.11 Å². The molecular weight excluding hydrogens is 422 g/mol. The fraction of sp³-hybridized carbons (Fsp3) is 0.143. The first kappa shape index (κ1) is 19.7. The molecule has 0 aliphatic heterocycles. The van der Waals surface area contributed by atoms with E-state index in [4.69, 9.17) is 15.2 Å². The minimum Gasteiger partial charge on any atom is -0.507 e. The molecule has 144 valence electrons. The number of ether oxygens (including phenoxy) is 2. The number of nitrogens with zero attached hydrogens (tertiary/aromatic N) is 2. The lowest BCUT2D eigenvalue weighted by Crippen LogP contribution is -2.03. The molecule has 1 aromatic heterocycles. The molecule has 2 aromatic carbocycles. The predicted molar refractivity (Wildman–Crippen MR) is 113 cm³/mol. The molecule has 6 nitrogen and oxygen atoms in total. The summed E-state index contributed by atoms with van der Waals surface area (Å²) in [4.78, 5) is 8.50. The van der Waals surface area contributed by atoms with Crippen LogP contribution in [0.25, 0.3) is 11.3 Å². The van der Waals surface area contributed by atoms with Gasteiger partial charge in [-0.25, -0.2) is 9.97 Å². The van der Waals surface area contributed by atoms with Gasteiger partial charge in [-0.05, 0) is 59.6 Å². The van der Waals surface area contributed by atoms with E-state index >= 15 is 0 Å². The number of benzene rings is 2. The SMILES string of the molecule is C=C(C)COc1ccc(-c2nc(N)nc(C)c2Oc2ccccc2Br)c(O)c1. The average Bonchev–Trinajstić information content (AvgIpc) is 2.63. The summed E-state index contributed by atoms with van der Waals surface area (Å²) < 4.78 is 12.4. The molecule has 0 aliphatic carbocycles. The summed E-state index contributed by atoms with van der Waals surface area (Å²) in [6.45, 7) is 7.81. The lowest BCUT2D eigenvalue weighted by molar-refractivity contribution is 0.350. The van der Waals surface area contributed by atoms with Gasteiger partial charge in [-0.3, -0.25) is 0 Å². The van der Waals surface area contributed by atoms with E-state index in [1.165, 1.54) is 6.07 Å². The minimum atomic E-state index is -0.00584. The van der Waals surface area contributed by atoms with Crippen LogP contribution >= 0.6 is 15.9 Å². The van der Waals surface area contributed by atoms with E-state index in [2.05, 4.69) is 32.5 Å². The van der Waals surface area contributed by atoms with Crippen LogP contribution in [0, 0.1) is 6.92 Å². The highest BCUT2D eigenvalue weighted by Gasteiger charge is 2.19. The third kappa shape index (κ3) is 4.43. The molecular formula is C21H20BrN3O3. The van der Waals surface area contributed by atoms with E-state index in [1.807, 2.05) is 31.2 Å². The Morgan fingerprint density at radius 3 is 2.64 bits per heavy atom. The third-order valence-electron chi connectivity index (χ3n) is 3.81. The highest BCUT2D eigenvalue weighted by atomic mass is 79.9. The number of nitrogens with two attached hydrogens (primary N) is 1. The van der Waals surface area contributed by atoms with Crippen LogP contribution in [0.3, 0.4) is 0 Å². The lowest BCUT2D eigenvalue weighted by atomic mass is 10.1. The maximum absolute atomic E-state index is 10.6. The standard InChI is InChI=1S/C21H20BrN3O3/c1-12(2)11-27-14-8-9-15(17(26)10-14)19-20(13(3)24-21(23)25-19)28-18-7-5-4-6-16(18)22/h4-10,26H,1,11H2,2-3H3,(H2,23,24,25). The fourth-order valence-corrected chi connectivity index (χ4v) is 2.90. The Labute approximate surface area is 171 Å². The zero-order valence-electron chi connectivity index (χ0n) is 15.6. The minimum absolute atomic E-state index is 0.00584. The molecule has 3 N–H and O–H groups in total. The van der Waals surface area contributed by atoms with Gasteiger partial charge in [0, 0.05) is 11.6 Å². The zero-order valence-corrected chi connectivity index (χ0v) is 17.2. The Morgan fingerprint density at radius 2 is 1.96 bits per heavy atom. The third-order valence-corrected chi connectivity index (χ3v) is 4.47. The molecule has 0 spiro atoms. The van der Waals surface area contributed by atoms with Crippen molar-refractivity contribution in [2.45, 2.75) is 13.8 Å². The van der Waals surface area contributed by atoms with Crippen LogP contribution in [-0.4, -0.2) is 21.7 Å². The van der Waals surface area contributed by atoms with E-state index in [0.717, 1.165) is 10.0 Å². The molecule has 0 unspecified atom stereocenters. The topological polar surface area (TPSA) is 90.5 Å². The number of phenols is 1. The molecule has 0 saturated heterocycles. The molecule has 0 radical (unpaired) electrons. The summed E-state index contributed by atoms with van der Waals surface area (Å²) in [7, 11) is 0. The van der Waals surface area contributed by atoms with E-state index in [0.29, 0.717) is 40.8 Å². The molecule has 7 heteroatoms. The van der Waals surface area contributed by atoms with Crippen LogP contribution in [0.2, 0.25) is 0 Å². The van der Waals surface area contributed by atoms with Crippen molar-refractivity contribution in [3.05, 3.63) is 64.8 Å². The predicted octanol–water partition coefficient (Wildman–Crippen LogP) is 5.25. The van der Waals surface area contributed by atoms with Crippen LogP contribution in [-0.2, 0) is 0 Å². The highest BCUT2D eigenvalue weighted by molar-refractivity contribution is 9.10. The largest absolute Gasteiger partial charge is 0.507 e. The van der Waals surface area contributed by atoms with E-state index < -0.39 is 0 Å². The lowest BCUT2D eigenvalue weighted by Gasteiger charge is -2.15. The van der Waals surface area contributed by atoms with Gasteiger partial charge in [-0.15, -0.1) is 0 Å². The molecule has 0 aliphatic rings. The Balaban J connectivity index is 2.04. The second kappa shape index (κ2) is 8.31. The average molecular weight is 442 g/mol. The molecule has 0 saturated carbocycles. The molecule has 0 bridgehead atoms. The van der Waals surface area contributed by atoms with Gasteiger partial charge in [0.1, 0.15) is 29.5 Å². The Morgan fingerprint density at radius 1 is 1.21 bits per heavy atom. The summed E-state index contributed by atoms with van der Waals surface area (Å²) in [5, 5.41) is 10.6. The number of aromatic nitrogens is 2. The van der Waals surface area contributed by atoms with Gasteiger partial charge in [0.15, 0.2) is 5.75 Å². The summed E-state index contributed by atoms with van der Waals surface area (Å²) >= 11 is 3.46. The Kier molecular flexibility index (Phi) is 5.84. The van der Waals surface area contributed by atoms with Crippen LogP contribution in [0.5, 0.6) is 23.0 Å². The molecule has 3 rings (SSSR count). The molecule has 3 aromatic rings. The Hall–Kier alpha value is -3.06. The van der Waals surface area contributed by atoms with Crippen molar-refractivity contribution in [3.8, 4) is 34.3 Å². The van der Waals surface area contributed by atoms with E-state index in [-0.39, 0.29) is 11.7 Å². The molecule has 0 amide bonds. The summed E-state index contributed by atoms with van der Waals surface area (Å²) in [6.07, 6.45) is 0. The number of para-hydroxylation sites is 1. The summed E-state index contributed by atoms with van der Waals surface area (Å²) in [5.41, 5.74) is 8.14. The van der Waals surface area contributed by atoms with Crippen molar-refractivity contribution in [3.63, 3.8) is 0 Å². The molecule has 0 fully saturated rings. The number of aryl methyl sites for hydroxylation is 1. The van der Waals surface area contributed by atoms with Gasteiger partial charge < -0.3 is 20.3 Å². The number of hydrogen-bond donors (Lipinski definition) is 2. The van der Waals surface area contributed by atoms with Crippen molar-refractivity contribution in [2.75, 3.05) is 12.3 Å². The molecule has 28 heavy (non-hydrogen) atoms. The highest BCUT2D eigenvalue weighted by Crippen LogP contribution is 2.41. The molecule has 1 heterocycles. The maximum Gasteiger partial charge on any atom is 0.221 e. The first-order valence-corrected chi connectivity index (χ1v) is 9.31. The Bertz CT molecular complexity index is 1040. The first-order valence-electron chi connectivity index (χ1n) is 8.52. The summed E-state index contributed by atoms with van der Waals surface area (Å²) in [6, 6.07) is 12.4. The van der Waals surface area contributed by atoms with Gasteiger partial charge in [0.05, 0.1) is 10.2 Å². The number of nitrogen functional groups attached to an aromatic ring is 1. The van der Waals surface area contributed by atoms with Gasteiger partial charge in [0.25, 0.3) is 0 Å². The van der Waals surface area contributed by atoms with Gasteiger partial charge in [-0.2, -0.15) is 0 Å². The number of aromatic hydroxyl groups is 1. The van der Waals surface area contributed by atoms with Gasteiger partial charge >= 0.3 is 0 Å². The number of anilines is 1. The maximum atomic E-state index is 10.6. The number of halogens is 1. The quantitative estimate of drug-likeness (QED) is 0.507. The van der Waals surface area contributed by atoms with Crippen LogP contribution in [0.1, 0.15) is 12.6 Å². The second-order valence-corrected chi connectivity index (χ2v) is 7.16. The monoisotopic (exact) mass is 441 g/mol. The van der Waals surface area contributed by atoms with Crippen molar-refractivity contribution < 1.29 is 14.6 Å². The number of phenolic OH excluding ortho intramolecular Hbond substituents is 1. The van der Waals surface area contributed by atoms with Crippen molar-refractivity contribution >= 4 is 21.9 Å². The second-order valence-electron chi connectivity index (χ2n) is 6.30. The van der Waals surface area contributed by atoms with Crippen LogP contribution in [0.15, 0.2) is 59.1 Å². The van der Waals surface area contributed by atoms with E-state index in [1.54, 1.807) is 19.1 Å². The van der Waals surface area contributed by atoms with Crippen molar-refractivity contribution in [2.24, 2.45) is 0 Å². The van der Waals surface area contributed by atoms with Gasteiger partial charge in [-0.1, -0.05) is 18.7 Å². The molecule has 0 atom stereocenters. The van der Waals surface area contributed by atoms with Crippen molar-refractivity contribution in [1.82, 2.24) is 9.97 Å². The number of hydrogen-bond acceptors (Lipinski definition) is 6. The fourth-order valence-electron chi connectivity index (χ4n) is 2.53.